The summed E-state index contributed by atoms with van der Waals surface area (Å²) >= 11 is 3.43. The van der Waals surface area contributed by atoms with Crippen LogP contribution >= 0.6 is 15.9 Å². The topological polar surface area (TPSA) is 64.2 Å². The molecule has 0 saturated carbocycles. The summed E-state index contributed by atoms with van der Waals surface area (Å²) in [6, 6.07) is 12.4. The van der Waals surface area contributed by atoms with Gasteiger partial charge in [-0.25, -0.2) is 4.85 Å². The lowest BCUT2D eigenvalue weighted by Gasteiger charge is -2.02. The van der Waals surface area contributed by atoms with Crippen molar-refractivity contribution < 1.29 is 5.11 Å². The lowest BCUT2D eigenvalue weighted by molar-refractivity contribution is 0.474. The number of phenols is 1. The minimum atomic E-state index is 0.0335. The zero-order chi connectivity index (χ0) is 16.4. The SMILES string of the molecule is [C-]#[N+]/C(=C\c1cc(C#N)ccc1O)c1c[nH]c2ccc(Br)cc12. The third-order valence-corrected chi connectivity index (χ3v) is 3.98. The van der Waals surface area contributed by atoms with Crippen LogP contribution in [0, 0.1) is 17.9 Å². The molecule has 0 aliphatic carbocycles. The number of aromatic hydroxyl groups is 1. The Labute approximate surface area is 141 Å². The van der Waals surface area contributed by atoms with Crippen LogP contribution in [0.25, 0.3) is 27.5 Å². The molecule has 23 heavy (non-hydrogen) atoms. The first kappa shape index (κ1) is 14.9. The van der Waals surface area contributed by atoms with Gasteiger partial charge >= 0.3 is 0 Å². The van der Waals surface area contributed by atoms with Gasteiger partial charge in [-0.1, -0.05) is 15.9 Å². The Morgan fingerprint density at radius 2 is 2.13 bits per heavy atom. The van der Waals surface area contributed by atoms with Crippen LogP contribution in [0.2, 0.25) is 0 Å². The smallest absolute Gasteiger partial charge is 0.197 e. The molecule has 0 unspecified atom stereocenters. The van der Waals surface area contributed by atoms with Crippen LogP contribution in [0.5, 0.6) is 5.75 Å². The largest absolute Gasteiger partial charge is 0.507 e. The number of rotatable bonds is 2. The summed E-state index contributed by atoms with van der Waals surface area (Å²) < 4.78 is 0.921. The summed E-state index contributed by atoms with van der Waals surface area (Å²) in [7, 11) is 0. The lowest BCUT2D eigenvalue weighted by Crippen LogP contribution is -1.82. The van der Waals surface area contributed by atoms with Crippen molar-refractivity contribution in [1.82, 2.24) is 4.98 Å². The first-order valence-corrected chi connectivity index (χ1v) is 7.51. The maximum absolute atomic E-state index is 9.96. The molecule has 3 aromatic rings. The molecular weight excluding hydrogens is 354 g/mol. The number of hydrogen-bond donors (Lipinski definition) is 2. The van der Waals surface area contributed by atoms with Crippen LogP contribution < -0.4 is 0 Å². The van der Waals surface area contributed by atoms with E-state index in [0.29, 0.717) is 16.8 Å². The monoisotopic (exact) mass is 363 g/mol. The van der Waals surface area contributed by atoms with Crippen molar-refractivity contribution in [3.8, 4) is 11.8 Å². The number of benzene rings is 2. The van der Waals surface area contributed by atoms with Gasteiger partial charge in [0.05, 0.1) is 18.2 Å². The van der Waals surface area contributed by atoms with Gasteiger partial charge in [0, 0.05) is 21.1 Å². The van der Waals surface area contributed by atoms with Crippen molar-refractivity contribution in [2.24, 2.45) is 0 Å². The first-order chi connectivity index (χ1) is 11.1. The number of hydrogen-bond acceptors (Lipinski definition) is 2. The molecule has 0 amide bonds. The Kier molecular flexibility index (Phi) is 3.89. The van der Waals surface area contributed by atoms with Crippen LogP contribution in [0.1, 0.15) is 16.7 Å². The Hall–Kier alpha value is -3.02. The fourth-order valence-electron chi connectivity index (χ4n) is 2.36. The molecular formula is C18H10BrN3O. The van der Waals surface area contributed by atoms with Gasteiger partial charge in [-0.2, -0.15) is 5.26 Å². The molecule has 0 radical (unpaired) electrons. The van der Waals surface area contributed by atoms with E-state index >= 15 is 0 Å². The highest BCUT2D eigenvalue weighted by molar-refractivity contribution is 9.10. The lowest BCUT2D eigenvalue weighted by atomic mass is 10.1. The number of nitrogens with zero attached hydrogens (tertiary/aromatic N) is 2. The van der Waals surface area contributed by atoms with Gasteiger partial charge in [-0.3, -0.25) is 0 Å². The van der Waals surface area contributed by atoms with Crippen molar-refractivity contribution in [1.29, 1.82) is 5.26 Å². The zero-order valence-electron chi connectivity index (χ0n) is 11.8. The summed E-state index contributed by atoms with van der Waals surface area (Å²) in [6.07, 6.45) is 3.36. The maximum atomic E-state index is 9.96. The number of halogens is 1. The average Bonchev–Trinajstić information content (AvgIpc) is 2.97. The van der Waals surface area contributed by atoms with E-state index in [1.54, 1.807) is 18.3 Å². The van der Waals surface area contributed by atoms with Crippen LogP contribution in [-0.4, -0.2) is 10.1 Å². The standard InChI is InChI=1S/C18H10BrN3O/c1-21-17(7-12-6-11(9-20)2-5-18(12)23)15-10-22-16-4-3-13(19)8-14(15)16/h2-8,10,22-23H/b17-7-. The van der Waals surface area contributed by atoms with Gasteiger partial charge in [0.25, 0.3) is 0 Å². The van der Waals surface area contributed by atoms with Crippen molar-refractivity contribution >= 4 is 38.6 Å². The molecule has 0 aliphatic heterocycles. The van der Waals surface area contributed by atoms with Gasteiger partial charge in [0.2, 0.25) is 0 Å². The van der Waals surface area contributed by atoms with E-state index < -0.39 is 0 Å². The fourth-order valence-corrected chi connectivity index (χ4v) is 2.72. The highest BCUT2D eigenvalue weighted by Gasteiger charge is 2.11. The van der Waals surface area contributed by atoms with E-state index in [0.717, 1.165) is 20.9 Å². The highest BCUT2D eigenvalue weighted by Crippen LogP contribution is 2.31. The molecule has 1 heterocycles. The Morgan fingerprint density at radius 3 is 2.87 bits per heavy atom. The second-order valence-corrected chi connectivity index (χ2v) is 5.83. The molecule has 0 bridgehead atoms. The molecule has 1 aromatic heterocycles. The van der Waals surface area contributed by atoms with Gasteiger partial charge in [-0.05, 0) is 54.1 Å². The summed E-state index contributed by atoms with van der Waals surface area (Å²) in [5.41, 5.74) is 2.94. The highest BCUT2D eigenvalue weighted by atomic mass is 79.9. The van der Waals surface area contributed by atoms with E-state index in [2.05, 4.69) is 25.8 Å². The van der Waals surface area contributed by atoms with E-state index in [4.69, 9.17) is 11.8 Å². The Morgan fingerprint density at radius 1 is 1.30 bits per heavy atom. The summed E-state index contributed by atoms with van der Waals surface area (Å²) in [5.74, 6) is 0.0335. The van der Waals surface area contributed by atoms with Crippen molar-refractivity contribution in [3.63, 3.8) is 0 Å². The van der Waals surface area contributed by atoms with E-state index in [1.165, 1.54) is 12.1 Å². The van der Waals surface area contributed by atoms with E-state index in [1.807, 2.05) is 24.3 Å². The minimum Gasteiger partial charge on any atom is -0.507 e. The second kappa shape index (κ2) is 6.00. The van der Waals surface area contributed by atoms with Crippen molar-refractivity contribution in [2.75, 3.05) is 0 Å². The van der Waals surface area contributed by atoms with Crippen LogP contribution in [0.4, 0.5) is 0 Å². The molecule has 110 valence electrons. The Balaban J connectivity index is 2.18. The number of nitriles is 1. The quantitative estimate of drug-likeness (QED) is 0.634. The fraction of sp³-hybridized carbons (Fsp3) is 0. The number of fused-ring (bicyclic) bond motifs is 1. The maximum Gasteiger partial charge on any atom is 0.197 e. The molecule has 0 fully saturated rings. The molecule has 3 rings (SSSR count). The van der Waals surface area contributed by atoms with Gasteiger partial charge in [0.15, 0.2) is 5.70 Å². The van der Waals surface area contributed by atoms with Crippen LogP contribution in [-0.2, 0) is 0 Å². The van der Waals surface area contributed by atoms with E-state index in [9.17, 15) is 5.11 Å². The molecule has 4 nitrogen and oxygen atoms in total. The summed E-state index contributed by atoms with van der Waals surface area (Å²) in [5, 5.41) is 19.8. The number of aromatic amines is 1. The number of aromatic nitrogens is 1. The van der Waals surface area contributed by atoms with Gasteiger partial charge in [0.1, 0.15) is 5.75 Å². The predicted molar refractivity (Wildman–Crippen MR) is 93.3 cm³/mol. The zero-order valence-corrected chi connectivity index (χ0v) is 13.4. The van der Waals surface area contributed by atoms with Gasteiger partial charge < -0.3 is 10.1 Å². The first-order valence-electron chi connectivity index (χ1n) is 6.71. The molecule has 2 N–H and O–H groups in total. The van der Waals surface area contributed by atoms with E-state index in [-0.39, 0.29) is 5.75 Å². The minimum absolute atomic E-state index is 0.0335. The third-order valence-electron chi connectivity index (χ3n) is 3.49. The second-order valence-electron chi connectivity index (χ2n) is 4.92. The average molecular weight is 364 g/mol. The molecule has 0 saturated heterocycles. The summed E-state index contributed by atoms with van der Waals surface area (Å²) in [4.78, 5) is 6.72. The molecule has 0 atom stereocenters. The number of nitrogens with one attached hydrogen (secondary N) is 1. The summed E-state index contributed by atoms with van der Waals surface area (Å²) in [6.45, 7) is 7.47. The molecule has 0 spiro atoms. The number of phenolic OH excluding ortho intramolecular Hbond substituents is 1. The van der Waals surface area contributed by atoms with Gasteiger partial charge in [-0.15, -0.1) is 0 Å². The molecule has 2 aromatic carbocycles. The van der Waals surface area contributed by atoms with Crippen LogP contribution in [0.15, 0.2) is 47.1 Å². The third kappa shape index (κ3) is 2.83. The predicted octanol–water partition coefficient (Wildman–Crippen LogP) is 4.93. The van der Waals surface area contributed by atoms with Crippen molar-refractivity contribution in [2.45, 2.75) is 0 Å². The normalized spacial score (nSPS) is 11.2. The number of H-pyrrole nitrogens is 1. The molecule has 5 heteroatoms. The van der Waals surface area contributed by atoms with Crippen molar-refractivity contribution in [3.05, 3.63) is 75.2 Å². The van der Waals surface area contributed by atoms with Crippen LogP contribution in [0.3, 0.4) is 0 Å². The molecule has 0 aliphatic rings. The Bertz CT molecular complexity index is 1020.